The van der Waals surface area contributed by atoms with Crippen molar-refractivity contribution in [2.75, 3.05) is 11.9 Å². The van der Waals surface area contributed by atoms with Crippen LogP contribution in [0.5, 0.6) is 5.75 Å². The number of hydrogen-bond acceptors (Lipinski definition) is 3. The number of amides is 2. The van der Waals surface area contributed by atoms with Crippen LogP contribution in [-0.2, 0) is 21.4 Å². The Morgan fingerprint density at radius 3 is 2.45 bits per heavy atom. The lowest BCUT2D eigenvalue weighted by atomic mass is 9.83. The van der Waals surface area contributed by atoms with Gasteiger partial charge in [0.05, 0.1) is 12.1 Å². The van der Waals surface area contributed by atoms with Crippen molar-refractivity contribution in [1.82, 2.24) is 5.32 Å². The van der Waals surface area contributed by atoms with Crippen LogP contribution >= 0.6 is 0 Å². The van der Waals surface area contributed by atoms with Crippen LogP contribution < -0.4 is 15.4 Å². The molecule has 5 heteroatoms. The fourth-order valence-corrected chi connectivity index (χ4v) is 3.62. The number of fused-ring (bicyclic) bond motifs is 1. The second kappa shape index (κ2) is 8.27. The van der Waals surface area contributed by atoms with Crippen LogP contribution in [0, 0.1) is 13.8 Å². The van der Waals surface area contributed by atoms with Gasteiger partial charge in [-0.15, -0.1) is 0 Å². The largest absolute Gasteiger partial charge is 0.478 e. The topological polar surface area (TPSA) is 67.4 Å². The number of anilines is 1. The Bertz CT molecular complexity index is 905. The van der Waals surface area contributed by atoms with Crippen molar-refractivity contribution in [2.24, 2.45) is 0 Å². The molecule has 0 saturated carbocycles. The van der Waals surface area contributed by atoms with E-state index in [9.17, 15) is 9.59 Å². The van der Waals surface area contributed by atoms with E-state index in [0.29, 0.717) is 18.0 Å². The molecule has 0 saturated heterocycles. The molecular weight excluding hydrogens is 364 g/mol. The molecule has 0 aromatic heterocycles. The molecule has 5 nitrogen and oxygen atoms in total. The van der Waals surface area contributed by atoms with Gasteiger partial charge in [-0.1, -0.05) is 45.0 Å². The lowest BCUT2D eigenvalue weighted by Crippen LogP contribution is -2.41. The van der Waals surface area contributed by atoms with Crippen molar-refractivity contribution in [2.45, 2.75) is 59.0 Å². The normalized spacial score (nSPS) is 15.9. The number of hydrogen-bond donors (Lipinski definition) is 2. The minimum Gasteiger partial charge on any atom is -0.478 e. The fraction of sp³-hybridized carbons (Fsp3) is 0.417. The van der Waals surface area contributed by atoms with Gasteiger partial charge in [0.2, 0.25) is 5.91 Å². The number of ether oxygens (including phenoxy) is 1. The summed E-state index contributed by atoms with van der Waals surface area (Å²) in [4.78, 5) is 24.5. The number of para-hydroxylation sites is 2. The molecule has 2 aromatic carbocycles. The minimum absolute atomic E-state index is 0.00109. The van der Waals surface area contributed by atoms with Crippen LogP contribution in [-0.4, -0.2) is 24.5 Å². The number of aryl methyl sites for hydroxylation is 2. The maximum atomic E-state index is 12.3. The maximum absolute atomic E-state index is 12.3. The van der Waals surface area contributed by atoms with Crippen LogP contribution in [0.4, 0.5) is 5.69 Å². The Morgan fingerprint density at radius 2 is 1.79 bits per heavy atom. The minimum atomic E-state index is -0.806. The van der Waals surface area contributed by atoms with Gasteiger partial charge in [0.1, 0.15) is 5.75 Å². The van der Waals surface area contributed by atoms with Gasteiger partial charge < -0.3 is 15.4 Å². The van der Waals surface area contributed by atoms with Crippen LogP contribution in [0.25, 0.3) is 0 Å². The van der Waals surface area contributed by atoms with Gasteiger partial charge >= 0.3 is 0 Å². The highest BCUT2D eigenvalue weighted by Crippen LogP contribution is 2.30. The first kappa shape index (κ1) is 20.9. The van der Waals surface area contributed by atoms with E-state index >= 15 is 0 Å². The summed E-state index contributed by atoms with van der Waals surface area (Å²) in [5.74, 6) is 0.115. The van der Waals surface area contributed by atoms with Crippen LogP contribution in [0.3, 0.4) is 0 Å². The van der Waals surface area contributed by atoms with E-state index in [4.69, 9.17) is 4.74 Å². The molecule has 1 heterocycles. The van der Waals surface area contributed by atoms with Crippen molar-refractivity contribution >= 4 is 17.5 Å². The molecular formula is C24H30N2O3. The van der Waals surface area contributed by atoms with E-state index in [1.165, 1.54) is 22.3 Å². The zero-order chi connectivity index (χ0) is 21.2. The number of carbonyl (C=O) groups is 2. The molecule has 29 heavy (non-hydrogen) atoms. The Balaban J connectivity index is 1.55. The summed E-state index contributed by atoms with van der Waals surface area (Å²) in [6, 6.07) is 11.7. The molecule has 2 N–H and O–H groups in total. The third-order valence-electron chi connectivity index (χ3n) is 5.34. The smallest absolute Gasteiger partial charge is 0.266 e. The quantitative estimate of drug-likeness (QED) is 0.804. The van der Waals surface area contributed by atoms with Gasteiger partial charge in [-0.2, -0.15) is 0 Å². The van der Waals surface area contributed by atoms with Crippen LogP contribution in [0.1, 0.15) is 49.4 Å². The number of benzene rings is 2. The first-order valence-electron chi connectivity index (χ1n) is 10.1. The summed E-state index contributed by atoms with van der Waals surface area (Å²) in [5, 5.41) is 5.71. The first-order valence-corrected chi connectivity index (χ1v) is 10.1. The molecule has 1 aliphatic heterocycles. The molecule has 1 atom stereocenters. The van der Waals surface area contributed by atoms with Crippen molar-refractivity contribution in [1.29, 1.82) is 0 Å². The second-order valence-electron chi connectivity index (χ2n) is 8.73. The zero-order valence-corrected chi connectivity index (χ0v) is 17.9. The number of rotatable bonds is 5. The third-order valence-corrected chi connectivity index (χ3v) is 5.34. The Kier molecular flexibility index (Phi) is 5.96. The Hall–Kier alpha value is -2.82. The highest BCUT2D eigenvalue weighted by molar-refractivity contribution is 5.99. The summed E-state index contributed by atoms with van der Waals surface area (Å²) >= 11 is 0. The fourth-order valence-electron chi connectivity index (χ4n) is 3.62. The molecule has 2 aromatic rings. The molecule has 154 valence electrons. The second-order valence-corrected chi connectivity index (χ2v) is 8.73. The third kappa shape index (κ3) is 4.97. The number of nitrogens with one attached hydrogen (secondary N) is 2. The number of carbonyl (C=O) groups excluding carboxylic acids is 2. The lowest BCUT2D eigenvalue weighted by Gasteiger charge is -2.25. The Labute approximate surface area is 172 Å². The first-order chi connectivity index (χ1) is 13.6. The van der Waals surface area contributed by atoms with Gasteiger partial charge in [0, 0.05) is 6.54 Å². The highest BCUT2D eigenvalue weighted by Gasteiger charge is 2.29. The molecule has 0 radical (unpaired) electrons. The summed E-state index contributed by atoms with van der Waals surface area (Å²) in [6.45, 7) is 11.4. The summed E-state index contributed by atoms with van der Waals surface area (Å²) in [7, 11) is 0. The van der Waals surface area contributed by atoms with Crippen molar-refractivity contribution in [3.63, 3.8) is 0 Å². The molecule has 0 unspecified atom stereocenters. The van der Waals surface area contributed by atoms with Crippen molar-refractivity contribution < 1.29 is 14.3 Å². The average molecular weight is 395 g/mol. The van der Waals surface area contributed by atoms with E-state index in [1.807, 2.05) is 12.1 Å². The van der Waals surface area contributed by atoms with Gasteiger partial charge in [0.15, 0.2) is 6.10 Å². The molecule has 0 bridgehead atoms. The van der Waals surface area contributed by atoms with E-state index in [2.05, 4.69) is 57.4 Å². The molecule has 1 aliphatic rings. The molecule has 0 fully saturated rings. The predicted octanol–water partition coefficient (Wildman–Crippen LogP) is 4.05. The highest BCUT2D eigenvalue weighted by atomic mass is 16.5. The van der Waals surface area contributed by atoms with E-state index in [-0.39, 0.29) is 23.7 Å². The maximum Gasteiger partial charge on any atom is 0.266 e. The van der Waals surface area contributed by atoms with E-state index in [0.717, 1.165) is 6.42 Å². The van der Waals surface area contributed by atoms with Crippen LogP contribution in [0.15, 0.2) is 36.4 Å². The van der Waals surface area contributed by atoms with Crippen molar-refractivity contribution in [3.05, 3.63) is 58.7 Å². The summed E-state index contributed by atoms with van der Waals surface area (Å²) in [5.41, 5.74) is 5.83. The van der Waals surface area contributed by atoms with Gasteiger partial charge in [0.25, 0.3) is 5.91 Å². The summed E-state index contributed by atoms with van der Waals surface area (Å²) < 4.78 is 5.69. The lowest BCUT2D eigenvalue weighted by molar-refractivity contribution is -0.130. The SMILES string of the molecule is Cc1cc(C(C)(C)C)cc(C)c1CCNC(=O)C[C@H]1Oc2ccccc2NC1=O. The Morgan fingerprint density at radius 1 is 1.14 bits per heavy atom. The molecule has 0 aliphatic carbocycles. The van der Waals surface area contributed by atoms with E-state index in [1.54, 1.807) is 12.1 Å². The van der Waals surface area contributed by atoms with Crippen LogP contribution in [0.2, 0.25) is 0 Å². The molecule has 0 spiro atoms. The van der Waals surface area contributed by atoms with Gasteiger partial charge in [-0.05, 0) is 60.1 Å². The monoisotopic (exact) mass is 394 g/mol. The van der Waals surface area contributed by atoms with Crippen molar-refractivity contribution in [3.8, 4) is 5.75 Å². The zero-order valence-electron chi connectivity index (χ0n) is 17.9. The average Bonchev–Trinajstić information content (AvgIpc) is 2.63. The predicted molar refractivity (Wildman–Crippen MR) is 115 cm³/mol. The van der Waals surface area contributed by atoms with Gasteiger partial charge in [-0.3, -0.25) is 9.59 Å². The van der Waals surface area contributed by atoms with Gasteiger partial charge in [-0.25, -0.2) is 0 Å². The molecule has 3 rings (SSSR count). The summed E-state index contributed by atoms with van der Waals surface area (Å²) in [6.07, 6.45) is -0.0467. The molecule has 2 amide bonds. The van der Waals surface area contributed by atoms with E-state index < -0.39 is 6.10 Å². The standard InChI is InChI=1S/C24H30N2O3/c1-15-12-17(24(3,4)5)13-16(2)18(15)10-11-25-22(27)14-21-23(28)26-19-8-6-7-9-20(19)29-21/h6-9,12-13,21H,10-11,14H2,1-5H3,(H,25,27)(H,26,28)/t21-/m1/s1.